The van der Waals surface area contributed by atoms with Gasteiger partial charge in [-0.15, -0.1) is 0 Å². The van der Waals surface area contributed by atoms with Crippen LogP contribution >= 0.6 is 0 Å². The Morgan fingerprint density at radius 2 is 2.29 bits per heavy atom. The number of carbonyl (C=O) groups is 2. The second-order valence-corrected chi connectivity index (χ2v) is 5.49. The molecule has 0 spiro atoms. The van der Waals surface area contributed by atoms with Gasteiger partial charge in [-0.25, -0.2) is 14.6 Å². The van der Waals surface area contributed by atoms with Crippen molar-refractivity contribution in [3.8, 4) is 0 Å². The Kier molecular flexibility index (Phi) is 5.19. The molecule has 0 saturated heterocycles. The molecule has 1 aliphatic carbocycles. The van der Waals surface area contributed by atoms with Crippen molar-refractivity contribution in [2.24, 2.45) is 5.92 Å². The van der Waals surface area contributed by atoms with E-state index in [4.69, 9.17) is 5.11 Å². The van der Waals surface area contributed by atoms with Crippen LogP contribution in [0.3, 0.4) is 0 Å². The summed E-state index contributed by atoms with van der Waals surface area (Å²) in [5.41, 5.74) is 0.00920. The van der Waals surface area contributed by atoms with Crippen LogP contribution in [0.1, 0.15) is 43.1 Å². The van der Waals surface area contributed by atoms with Gasteiger partial charge in [-0.05, 0) is 18.8 Å². The summed E-state index contributed by atoms with van der Waals surface area (Å²) in [6.07, 6.45) is 7.47. The lowest BCUT2D eigenvalue weighted by atomic mass is 10.1. The SMILES string of the molecule is CCC(CC1CC1)NC(=O)NCCn1cnc(C(=O)O)c1. The fraction of sp³-hybridized carbons (Fsp3) is 0.643. The van der Waals surface area contributed by atoms with E-state index in [1.165, 1.54) is 25.4 Å². The van der Waals surface area contributed by atoms with Crippen LogP contribution < -0.4 is 10.6 Å². The summed E-state index contributed by atoms with van der Waals surface area (Å²) >= 11 is 0. The van der Waals surface area contributed by atoms with Gasteiger partial charge in [-0.1, -0.05) is 19.8 Å². The zero-order valence-electron chi connectivity index (χ0n) is 12.2. The molecule has 0 radical (unpaired) electrons. The van der Waals surface area contributed by atoms with Gasteiger partial charge < -0.3 is 20.3 Å². The number of imidazole rings is 1. The van der Waals surface area contributed by atoms with Gasteiger partial charge >= 0.3 is 12.0 Å². The third-order valence-corrected chi connectivity index (χ3v) is 3.65. The number of nitrogens with zero attached hydrogens (tertiary/aromatic N) is 2. The molecule has 1 aromatic rings. The molecule has 1 fully saturated rings. The molecule has 2 rings (SSSR count). The summed E-state index contributed by atoms with van der Waals surface area (Å²) in [7, 11) is 0. The van der Waals surface area contributed by atoms with Crippen LogP contribution in [0.25, 0.3) is 0 Å². The molecule has 3 N–H and O–H groups in total. The van der Waals surface area contributed by atoms with Gasteiger partial charge in [0.05, 0.1) is 6.33 Å². The van der Waals surface area contributed by atoms with E-state index in [-0.39, 0.29) is 17.8 Å². The normalized spacial score (nSPS) is 15.5. The van der Waals surface area contributed by atoms with Crippen LogP contribution in [0.15, 0.2) is 12.5 Å². The number of carboxylic acid groups (broad SMARTS) is 1. The average Bonchev–Trinajstić information content (AvgIpc) is 3.13. The Labute approximate surface area is 123 Å². The molecule has 1 saturated carbocycles. The van der Waals surface area contributed by atoms with E-state index in [2.05, 4.69) is 22.5 Å². The summed E-state index contributed by atoms with van der Waals surface area (Å²) < 4.78 is 1.64. The minimum Gasteiger partial charge on any atom is -0.476 e. The van der Waals surface area contributed by atoms with Crippen LogP contribution in [0, 0.1) is 5.92 Å². The summed E-state index contributed by atoms with van der Waals surface area (Å²) in [5, 5.41) is 14.5. The van der Waals surface area contributed by atoms with E-state index in [0.29, 0.717) is 13.1 Å². The predicted molar refractivity (Wildman–Crippen MR) is 77.1 cm³/mol. The lowest BCUT2D eigenvalue weighted by Gasteiger charge is -2.17. The van der Waals surface area contributed by atoms with Crippen LogP contribution in [0.5, 0.6) is 0 Å². The first-order valence-corrected chi connectivity index (χ1v) is 7.38. The quantitative estimate of drug-likeness (QED) is 0.676. The van der Waals surface area contributed by atoms with Gasteiger partial charge in [0, 0.05) is 25.3 Å². The lowest BCUT2D eigenvalue weighted by Crippen LogP contribution is -2.43. The summed E-state index contributed by atoms with van der Waals surface area (Å²) in [6.45, 7) is 3.00. The number of urea groups is 1. The van der Waals surface area contributed by atoms with Crippen LogP contribution in [-0.2, 0) is 6.54 Å². The number of amides is 2. The van der Waals surface area contributed by atoms with Gasteiger partial charge in [0.15, 0.2) is 5.69 Å². The predicted octanol–water partition coefficient (Wildman–Crippen LogP) is 1.46. The molecule has 1 atom stereocenters. The molecular formula is C14H22N4O3. The maximum absolute atomic E-state index is 11.8. The van der Waals surface area contributed by atoms with Gasteiger partial charge in [0.25, 0.3) is 0 Å². The highest BCUT2D eigenvalue weighted by Crippen LogP contribution is 2.33. The summed E-state index contributed by atoms with van der Waals surface area (Å²) in [5.74, 6) is -0.263. The second kappa shape index (κ2) is 7.10. The number of carbonyl (C=O) groups excluding carboxylic acids is 1. The molecule has 1 aromatic heterocycles. The maximum Gasteiger partial charge on any atom is 0.356 e. The Hall–Kier alpha value is -2.05. The first-order valence-electron chi connectivity index (χ1n) is 7.38. The second-order valence-electron chi connectivity index (χ2n) is 5.49. The molecule has 1 heterocycles. The number of nitrogens with one attached hydrogen (secondary N) is 2. The molecule has 7 nitrogen and oxygen atoms in total. The van der Waals surface area contributed by atoms with Crippen molar-refractivity contribution < 1.29 is 14.7 Å². The Morgan fingerprint density at radius 3 is 2.86 bits per heavy atom. The van der Waals surface area contributed by atoms with E-state index in [9.17, 15) is 9.59 Å². The Balaban J connectivity index is 1.66. The number of carboxylic acids is 1. The third kappa shape index (κ3) is 5.09. The van der Waals surface area contributed by atoms with Crippen molar-refractivity contribution >= 4 is 12.0 Å². The van der Waals surface area contributed by atoms with Crippen molar-refractivity contribution in [2.45, 2.75) is 45.2 Å². The fourth-order valence-electron chi connectivity index (χ4n) is 2.21. The first-order chi connectivity index (χ1) is 10.1. The van der Waals surface area contributed by atoms with Crippen molar-refractivity contribution in [3.05, 3.63) is 18.2 Å². The molecular weight excluding hydrogens is 272 g/mol. The number of rotatable bonds is 8. The van der Waals surface area contributed by atoms with Gasteiger partial charge in [-0.3, -0.25) is 0 Å². The number of aromatic carboxylic acids is 1. The van der Waals surface area contributed by atoms with Crippen molar-refractivity contribution in [3.63, 3.8) is 0 Å². The average molecular weight is 294 g/mol. The number of hydrogen-bond acceptors (Lipinski definition) is 3. The molecule has 0 aromatic carbocycles. The minimum atomic E-state index is -1.05. The van der Waals surface area contributed by atoms with E-state index >= 15 is 0 Å². The van der Waals surface area contributed by atoms with Gasteiger partial charge in [-0.2, -0.15) is 0 Å². The molecule has 1 aliphatic rings. The van der Waals surface area contributed by atoms with Crippen molar-refractivity contribution in [1.82, 2.24) is 20.2 Å². The summed E-state index contributed by atoms with van der Waals surface area (Å²) in [6, 6.07) is 0.0745. The molecule has 1 unspecified atom stereocenters. The maximum atomic E-state index is 11.8. The van der Waals surface area contributed by atoms with E-state index in [1.54, 1.807) is 4.57 Å². The highest BCUT2D eigenvalue weighted by atomic mass is 16.4. The van der Waals surface area contributed by atoms with Gasteiger partial charge in [0.1, 0.15) is 0 Å². The number of aromatic nitrogens is 2. The van der Waals surface area contributed by atoms with Crippen molar-refractivity contribution in [1.29, 1.82) is 0 Å². The van der Waals surface area contributed by atoms with Gasteiger partial charge in [0.2, 0.25) is 0 Å². The summed E-state index contributed by atoms with van der Waals surface area (Å²) in [4.78, 5) is 26.2. The van der Waals surface area contributed by atoms with Crippen molar-refractivity contribution in [2.75, 3.05) is 6.54 Å². The fourth-order valence-corrected chi connectivity index (χ4v) is 2.21. The molecule has 0 aliphatic heterocycles. The standard InChI is InChI=1S/C14H22N4O3/c1-2-11(7-10-3-4-10)17-14(21)15-5-6-18-8-12(13(19)20)16-9-18/h8-11H,2-7H2,1H3,(H,19,20)(H2,15,17,21). The highest BCUT2D eigenvalue weighted by molar-refractivity contribution is 5.84. The van der Waals surface area contributed by atoms with Crippen LogP contribution in [-0.4, -0.2) is 39.2 Å². The van der Waals surface area contributed by atoms with E-state index in [1.807, 2.05) is 0 Å². The molecule has 7 heteroatoms. The lowest BCUT2D eigenvalue weighted by molar-refractivity contribution is 0.0691. The van der Waals surface area contributed by atoms with E-state index in [0.717, 1.165) is 18.8 Å². The zero-order chi connectivity index (χ0) is 15.2. The molecule has 0 bridgehead atoms. The minimum absolute atomic E-state index is 0.00920. The Morgan fingerprint density at radius 1 is 1.52 bits per heavy atom. The molecule has 21 heavy (non-hydrogen) atoms. The smallest absolute Gasteiger partial charge is 0.356 e. The zero-order valence-corrected chi connectivity index (χ0v) is 12.2. The molecule has 2 amide bonds. The highest BCUT2D eigenvalue weighted by Gasteiger charge is 2.25. The monoisotopic (exact) mass is 294 g/mol. The third-order valence-electron chi connectivity index (χ3n) is 3.65. The number of hydrogen-bond donors (Lipinski definition) is 3. The topological polar surface area (TPSA) is 96.3 Å². The first kappa shape index (κ1) is 15.3. The largest absolute Gasteiger partial charge is 0.476 e. The molecule has 116 valence electrons. The van der Waals surface area contributed by atoms with Crippen LogP contribution in [0.2, 0.25) is 0 Å². The van der Waals surface area contributed by atoms with E-state index < -0.39 is 5.97 Å². The van der Waals surface area contributed by atoms with Crippen LogP contribution in [0.4, 0.5) is 4.79 Å². The Bertz CT molecular complexity index is 496.